The first-order valence-electron chi connectivity index (χ1n) is 9.64. The molecule has 2 aliphatic rings. The molecular formula is C22H25N3O2. The van der Waals surface area contributed by atoms with Gasteiger partial charge in [0.2, 0.25) is 5.91 Å². The molecule has 0 saturated carbocycles. The summed E-state index contributed by atoms with van der Waals surface area (Å²) in [5.41, 5.74) is 1.72. The normalized spacial score (nSPS) is 19.5. The summed E-state index contributed by atoms with van der Waals surface area (Å²) in [4.78, 5) is 33.5. The number of pyridine rings is 1. The second-order valence-corrected chi connectivity index (χ2v) is 7.73. The Balaban J connectivity index is 1.48. The average molecular weight is 363 g/mol. The van der Waals surface area contributed by atoms with Crippen LogP contribution in [0.2, 0.25) is 0 Å². The van der Waals surface area contributed by atoms with Gasteiger partial charge in [-0.3, -0.25) is 14.6 Å². The van der Waals surface area contributed by atoms with E-state index in [1.54, 1.807) is 12.3 Å². The fourth-order valence-electron chi connectivity index (χ4n) is 4.47. The summed E-state index contributed by atoms with van der Waals surface area (Å²) in [7, 11) is 0. The van der Waals surface area contributed by atoms with Gasteiger partial charge in [0.25, 0.3) is 5.91 Å². The van der Waals surface area contributed by atoms with Gasteiger partial charge in [-0.1, -0.05) is 24.3 Å². The minimum atomic E-state index is 0.0817. The fraction of sp³-hybridized carbons (Fsp3) is 0.409. The van der Waals surface area contributed by atoms with E-state index in [-0.39, 0.29) is 17.2 Å². The van der Waals surface area contributed by atoms with Gasteiger partial charge in [0.15, 0.2) is 0 Å². The van der Waals surface area contributed by atoms with Crippen molar-refractivity contribution in [3.63, 3.8) is 0 Å². The summed E-state index contributed by atoms with van der Waals surface area (Å²) in [6.07, 6.45) is 6.94. The molecule has 0 unspecified atom stereocenters. The van der Waals surface area contributed by atoms with Crippen molar-refractivity contribution in [2.45, 2.75) is 25.7 Å². The molecule has 1 spiro atoms. The van der Waals surface area contributed by atoms with Crippen LogP contribution >= 0.6 is 0 Å². The number of fused-ring (bicyclic) bond motifs is 1. The van der Waals surface area contributed by atoms with Gasteiger partial charge in [-0.05, 0) is 36.8 Å². The van der Waals surface area contributed by atoms with E-state index in [9.17, 15) is 9.59 Å². The van der Waals surface area contributed by atoms with Crippen molar-refractivity contribution in [1.82, 2.24) is 14.8 Å². The zero-order valence-electron chi connectivity index (χ0n) is 15.6. The number of hydrogen-bond donors (Lipinski definition) is 0. The Morgan fingerprint density at radius 1 is 1.19 bits per heavy atom. The number of carbonyl (C=O) groups is 2. The van der Waals surface area contributed by atoms with Crippen molar-refractivity contribution in [3.05, 3.63) is 54.7 Å². The number of para-hydroxylation sites is 1. The van der Waals surface area contributed by atoms with E-state index in [2.05, 4.69) is 11.6 Å². The predicted octanol–water partition coefficient (Wildman–Crippen LogP) is 3.27. The van der Waals surface area contributed by atoms with Crippen molar-refractivity contribution in [2.75, 3.05) is 26.2 Å². The zero-order valence-corrected chi connectivity index (χ0v) is 15.6. The highest BCUT2D eigenvalue weighted by molar-refractivity contribution is 6.06. The zero-order chi connectivity index (χ0) is 18.9. The van der Waals surface area contributed by atoms with Crippen LogP contribution in [0.3, 0.4) is 0 Å². The monoisotopic (exact) mass is 363 g/mol. The number of hydrogen-bond acceptors (Lipinski definition) is 3. The number of benzene rings is 1. The second kappa shape index (κ2) is 7.14. The summed E-state index contributed by atoms with van der Waals surface area (Å²) in [6.45, 7) is 6.65. The standard InChI is InChI=1S/C22H25N3O2/c1-2-13-25-16-22(9-7-20(25)26)10-14-24(15-11-22)21(27)18-8-12-23-19-6-4-3-5-17(18)19/h2-6,8,12H,1,7,9-11,13-16H2. The third-order valence-electron chi connectivity index (χ3n) is 6.09. The minimum absolute atomic E-state index is 0.0817. The number of likely N-dealkylation sites (tertiary alicyclic amines) is 2. The molecule has 0 atom stereocenters. The lowest BCUT2D eigenvalue weighted by Gasteiger charge is -2.47. The molecule has 5 nitrogen and oxygen atoms in total. The molecule has 4 rings (SSSR count). The number of amides is 2. The molecule has 2 aromatic rings. The van der Waals surface area contributed by atoms with Crippen molar-refractivity contribution in [1.29, 1.82) is 0 Å². The van der Waals surface area contributed by atoms with E-state index in [0.717, 1.165) is 55.4 Å². The maximum Gasteiger partial charge on any atom is 0.254 e. The molecule has 3 heterocycles. The third kappa shape index (κ3) is 3.34. The molecule has 0 aliphatic carbocycles. The molecular weight excluding hydrogens is 338 g/mol. The van der Waals surface area contributed by atoms with Gasteiger partial charge in [0.05, 0.1) is 11.1 Å². The van der Waals surface area contributed by atoms with Crippen LogP contribution in [0.1, 0.15) is 36.0 Å². The van der Waals surface area contributed by atoms with E-state index < -0.39 is 0 Å². The van der Waals surface area contributed by atoms with Crippen LogP contribution in [-0.4, -0.2) is 52.8 Å². The lowest BCUT2D eigenvalue weighted by Crippen LogP contribution is -2.52. The van der Waals surface area contributed by atoms with E-state index in [1.807, 2.05) is 40.1 Å². The van der Waals surface area contributed by atoms with Crippen molar-refractivity contribution < 1.29 is 9.59 Å². The summed E-state index contributed by atoms with van der Waals surface area (Å²) < 4.78 is 0. The summed E-state index contributed by atoms with van der Waals surface area (Å²) in [5.74, 6) is 0.306. The Morgan fingerprint density at radius 3 is 2.74 bits per heavy atom. The Bertz CT molecular complexity index is 879. The van der Waals surface area contributed by atoms with E-state index >= 15 is 0 Å². The Hall–Kier alpha value is -2.69. The van der Waals surface area contributed by atoms with Crippen LogP contribution in [0, 0.1) is 5.41 Å². The van der Waals surface area contributed by atoms with Gasteiger partial charge in [0, 0.05) is 44.2 Å². The van der Waals surface area contributed by atoms with Gasteiger partial charge in [-0.15, -0.1) is 6.58 Å². The first kappa shape index (κ1) is 17.7. The molecule has 2 fully saturated rings. The van der Waals surface area contributed by atoms with Gasteiger partial charge in [-0.25, -0.2) is 0 Å². The molecule has 5 heteroatoms. The summed E-state index contributed by atoms with van der Waals surface area (Å²) in [6, 6.07) is 9.60. The maximum absolute atomic E-state index is 13.1. The van der Waals surface area contributed by atoms with Gasteiger partial charge in [0.1, 0.15) is 0 Å². The van der Waals surface area contributed by atoms with Crippen LogP contribution in [0.15, 0.2) is 49.2 Å². The summed E-state index contributed by atoms with van der Waals surface area (Å²) in [5, 5.41) is 0.908. The quantitative estimate of drug-likeness (QED) is 0.787. The molecule has 2 aliphatic heterocycles. The first-order chi connectivity index (χ1) is 13.1. The topological polar surface area (TPSA) is 53.5 Å². The molecule has 27 heavy (non-hydrogen) atoms. The SMILES string of the molecule is C=CCN1CC2(CCC1=O)CCN(C(=O)c1ccnc3ccccc13)CC2. The van der Waals surface area contributed by atoms with Gasteiger partial charge >= 0.3 is 0 Å². The molecule has 0 N–H and O–H groups in total. The van der Waals surface area contributed by atoms with Crippen LogP contribution in [0.4, 0.5) is 0 Å². The van der Waals surface area contributed by atoms with Crippen LogP contribution in [0.25, 0.3) is 10.9 Å². The second-order valence-electron chi connectivity index (χ2n) is 7.73. The Kier molecular flexibility index (Phi) is 4.68. The lowest BCUT2D eigenvalue weighted by molar-refractivity contribution is -0.138. The fourth-order valence-corrected chi connectivity index (χ4v) is 4.47. The Labute approximate surface area is 159 Å². The highest BCUT2D eigenvalue weighted by Crippen LogP contribution is 2.40. The first-order valence-corrected chi connectivity index (χ1v) is 9.64. The molecule has 140 valence electrons. The van der Waals surface area contributed by atoms with Crippen molar-refractivity contribution in [2.24, 2.45) is 5.41 Å². The molecule has 2 amide bonds. The van der Waals surface area contributed by atoms with E-state index in [1.165, 1.54) is 0 Å². The lowest BCUT2D eigenvalue weighted by atomic mass is 9.72. The van der Waals surface area contributed by atoms with Gasteiger partial charge < -0.3 is 9.80 Å². The number of aromatic nitrogens is 1. The number of piperidine rings is 2. The third-order valence-corrected chi connectivity index (χ3v) is 6.09. The Morgan fingerprint density at radius 2 is 1.96 bits per heavy atom. The number of nitrogens with zero attached hydrogens (tertiary/aromatic N) is 3. The van der Waals surface area contributed by atoms with Crippen molar-refractivity contribution in [3.8, 4) is 0 Å². The largest absolute Gasteiger partial charge is 0.339 e. The number of rotatable bonds is 3. The molecule has 0 radical (unpaired) electrons. The highest BCUT2D eigenvalue weighted by atomic mass is 16.2. The van der Waals surface area contributed by atoms with Crippen molar-refractivity contribution >= 4 is 22.7 Å². The predicted molar refractivity (Wildman–Crippen MR) is 105 cm³/mol. The average Bonchev–Trinajstić information content (AvgIpc) is 2.71. The highest BCUT2D eigenvalue weighted by Gasteiger charge is 2.41. The smallest absolute Gasteiger partial charge is 0.254 e. The van der Waals surface area contributed by atoms with E-state index in [4.69, 9.17) is 0 Å². The van der Waals surface area contributed by atoms with E-state index in [0.29, 0.717) is 13.0 Å². The summed E-state index contributed by atoms with van der Waals surface area (Å²) >= 11 is 0. The maximum atomic E-state index is 13.1. The molecule has 2 saturated heterocycles. The van der Waals surface area contributed by atoms with Crippen LogP contribution < -0.4 is 0 Å². The van der Waals surface area contributed by atoms with Crippen LogP contribution in [-0.2, 0) is 4.79 Å². The molecule has 0 bridgehead atoms. The number of carbonyl (C=O) groups excluding carboxylic acids is 2. The molecule has 1 aromatic heterocycles. The van der Waals surface area contributed by atoms with Crippen LogP contribution in [0.5, 0.6) is 0 Å². The van der Waals surface area contributed by atoms with Gasteiger partial charge in [-0.2, -0.15) is 0 Å². The molecule has 1 aromatic carbocycles. The minimum Gasteiger partial charge on any atom is -0.339 e.